The Morgan fingerprint density at radius 2 is 1.61 bits per heavy atom. The highest BCUT2D eigenvalue weighted by Crippen LogP contribution is 2.49. The molecular weight excluding hydrogens is 352 g/mol. The van der Waals surface area contributed by atoms with Gasteiger partial charge < -0.3 is 5.73 Å². The Bertz CT molecular complexity index is 925. The zero-order valence-electron chi connectivity index (χ0n) is 16.0. The summed E-state index contributed by atoms with van der Waals surface area (Å²) in [6.07, 6.45) is 0. The molecule has 144 valence electrons. The van der Waals surface area contributed by atoms with E-state index < -0.39 is 0 Å². The number of amides is 2. The van der Waals surface area contributed by atoms with Crippen LogP contribution < -0.4 is 5.73 Å². The van der Waals surface area contributed by atoms with Gasteiger partial charge in [-0.3, -0.25) is 24.8 Å². The summed E-state index contributed by atoms with van der Waals surface area (Å²) in [4.78, 5) is 29.9. The Labute approximate surface area is 164 Å². The maximum Gasteiger partial charge on any atom is 0.235 e. The smallest absolute Gasteiger partial charge is 0.235 e. The first kappa shape index (κ1) is 18.4. The molecule has 0 bridgehead atoms. The van der Waals surface area contributed by atoms with Gasteiger partial charge in [0.25, 0.3) is 0 Å². The highest BCUT2D eigenvalue weighted by atomic mass is 16.2. The number of nitrogen functional groups attached to an aromatic ring is 1. The number of rotatable bonds is 4. The molecule has 2 saturated heterocycles. The molecule has 4 atom stereocenters. The van der Waals surface area contributed by atoms with Crippen molar-refractivity contribution in [2.75, 3.05) is 7.05 Å². The Morgan fingerprint density at radius 1 is 1.00 bits per heavy atom. The third-order valence-corrected chi connectivity index (χ3v) is 6.18. The van der Waals surface area contributed by atoms with Gasteiger partial charge in [-0.2, -0.15) is 0 Å². The summed E-state index contributed by atoms with van der Waals surface area (Å²) >= 11 is 0. The van der Waals surface area contributed by atoms with E-state index in [1.807, 2.05) is 56.4 Å². The molecule has 2 fully saturated rings. The largest absolute Gasteiger partial charge is 0.384 e. The minimum atomic E-state index is -0.389. The van der Waals surface area contributed by atoms with Gasteiger partial charge in [-0.25, -0.2) is 0 Å². The molecule has 2 heterocycles. The molecule has 0 unspecified atom stereocenters. The summed E-state index contributed by atoms with van der Waals surface area (Å²) in [5.74, 6) is -0.895. The van der Waals surface area contributed by atoms with E-state index in [0.717, 1.165) is 11.1 Å². The van der Waals surface area contributed by atoms with Gasteiger partial charge in [0.05, 0.1) is 18.4 Å². The van der Waals surface area contributed by atoms with E-state index in [1.165, 1.54) is 4.90 Å². The molecular formula is C22H24N4O2. The van der Waals surface area contributed by atoms with Crippen molar-refractivity contribution in [1.82, 2.24) is 9.80 Å². The van der Waals surface area contributed by atoms with Crippen molar-refractivity contribution in [2.24, 2.45) is 17.6 Å². The average molecular weight is 376 g/mol. The summed E-state index contributed by atoms with van der Waals surface area (Å²) in [5.41, 5.74) is 8.12. The number of carbonyl (C=O) groups is 2. The number of nitrogens with two attached hydrogens (primary N) is 1. The molecule has 0 aliphatic carbocycles. The van der Waals surface area contributed by atoms with Crippen molar-refractivity contribution >= 4 is 17.6 Å². The zero-order valence-corrected chi connectivity index (χ0v) is 16.0. The van der Waals surface area contributed by atoms with Gasteiger partial charge in [-0.1, -0.05) is 54.6 Å². The first-order valence-corrected chi connectivity index (χ1v) is 9.45. The van der Waals surface area contributed by atoms with Gasteiger partial charge in [0, 0.05) is 17.6 Å². The monoisotopic (exact) mass is 376 g/mol. The normalized spacial score (nSPS) is 27.3. The summed E-state index contributed by atoms with van der Waals surface area (Å²) in [6, 6.07) is 16.8. The topological polar surface area (TPSA) is 90.5 Å². The predicted octanol–water partition coefficient (Wildman–Crippen LogP) is 2.15. The zero-order chi connectivity index (χ0) is 20.0. The van der Waals surface area contributed by atoms with Crippen LogP contribution in [0.25, 0.3) is 0 Å². The van der Waals surface area contributed by atoms with Gasteiger partial charge in [0.15, 0.2) is 0 Å². The maximum absolute atomic E-state index is 13.3. The maximum atomic E-state index is 13.3. The summed E-state index contributed by atoms with van der Waals surface area (Å²) in [6.45, 7) is 2.33. The number of likely N-dealkylation sites (tertiary alicyclic amines) is 2. The van der Waals surface area contributed by atoms with Crippen LogP contribution in [0, 0.1) is 17.2 Å². The fourth-order valence-corrected chi connectivity index (χ4v) is 4.60. The molecule has 3 N–H and O–H groups in total. The van der Waals surface area contributed by atoms with Crippen LogP contribution in [0.4, 0.5) is 0 Å². The van der Waals surface area contributed by atoms with E-state index >= 15 is 0 Å². The van der Waals surface area contributed by atoms with Crippen LogP contribution in [0.3, 0.4) is 0 Å². The fraction of sp³-hybridized carbons (Fsp3) is 0.318. The van der Waals surface area contributed by atoms with Crippen molar-refractivity contribution < 1.29 is 9.59 Å². The van der Waals surface area contributed by atoms with Crippen LogP contribution in [0.15, 0.2) is 54.6 Å². The lowest BCUT2D eigenvalue weighted by Crippen LogP contribution is -2.38. The Kier molecular flexibility index (Phi) is 4.51. The van der Waals surface area contributed by atoms with Gasteiger partial charge in [0.1, 0.15) is 5.84 Å². The number of hydrogen-bond donors (Lipinski definition) is 2. The molecule has 6 heteroatoms. The van der Waals surface area contributed by atoms with E-state index in [2.05, 4.69) is 4.90 Å². The summed E-state index contributed by atoms with van der Waals surface area (Å²) in [7, 11) is 1.97. The van der Waals surface area contributed by atoms with E-state index in [0.29, 0.717) is 12.1 Å². The summed E-state index contributed by atoms with van der Waals surface area (Å²) in [5, 5.41) is 7.56. The van der Waals surface area contributed by atoms with Crippen molar-refractivity contribution in [3.05, 3.63) is 71.3 Å². The van der Waals surface area contributed by atoms with E-state index in [1.54, 1.807) is 12.1 Å². The second-order valence-electron chi connectivity index (χ2n) is 7.69. The second kappa shape index (κ2) is 6.87. The van der Waals surface area contributed by atoms with E-state index in [9.17, 15) is 9.59 Å². The van der Waals surface area contributed by atoms with Crippen molar-refractivity contribution in [2.45, 2.75) is 25.6 Å². The number of amidine groups is 1. The van der Waals surface area contributed by atoms with Crippen LogP contribution in [0.1, 0.15) is 29.7 Å². The van der Waals surface area contributed by atoms with Gasteiger partial charge >= 0.3 is 0 Å². The molecule has 2 aromatic rings. The quantitative estimate of drug-likeness (QED) is 0.486. The lowest BCUT2D eigenvalue weighted by atomic mass is 9.86. The molecule has 6 nitrogen and oxygen atoms in total. The average Bonchev–Trinajstić information content (AvgIpc) is 3.09. The van der Waals surface area contributed by atoms with Crippen LogP contribution in [-0.2, 0) is 16.1 Å². The van der Waals surface area contributed by atoms with Crippen LogP contribution in [0.5, 0.6) is 0 Å². The van der Waals surface area contributed by atoms with E-state index in [4.69, 9.17) is 11.1 Å². The third kappa shape index (κ3) is 2.81. The Morgan fingerprint density at radius 3 is 2.21 bits per heavy atom. The minimum absolute atomic E-state index is 0.0127. The number of fused-ring (bicyclic) bond motifs is 1. The predicted molar refractivity (Wildman–Crippen MR) is 106 cm³/mol. The van der Waals surface area contributed by atoms with E-state index in [-0.39, 0.29) is 41.6 Å². The van der Waals surface area contributed by atoms with Crippen molar-refractivity contribution in [3.63, 3.8) is 0 Å². The number of nitrogens with one attached hydrogen (secondary N) is 1. The molecule has 28 heavy (non-hydrogen) atoms. The summed E-state index contributed by atoms with van der Waals surface area (Å²) < 4.78 is 0. The van der Waals surface area contributed by atoms with Gasteiger partial charge in [-0.05, 0) is 25.1 Å². The standard InChI is InChI=1S/C22H24N4O2/c1-13-17-18(19(25(13)2)15-8-10-16(11-9-15)20(23)24)22(28)26(21(17)27)12-14-6-4-3-5-7-14/h3-11,13,17-19H,12H2,1-2H3,(H3,23,24)/t13-,17-,18-,19-/m1/s1. The molecule has 0 aromatic heterocycles. The molecule has 0 spiro atoms. The molecule has 2 aliphatic heterocycles. The lowest BCUT2D eigenvalue weighted by molar-refractivity contribution is -0.142. The first-order valence-electron chi connectivity index (χ1n) is 9.45. The van der Waals surface area contributed by atoms with Gasteiger partial charge in [0.2, 0.25) is 11.8 Å². The highest BCUT2D eigenvalue weighted by Gasteiger charge is 2.59. The SMILES string of the molecule is C[C@@H]1[C@H]2C(=O)N(Cc3ccccc3)C(=O)[C@H]2[C@@H](c2ccc(C(=N)N)cc2)N1C. The van der Waals surface area contributed by atoms with Crippen molar-refractivity contribution in [3.8, 4) is 0 Å². The molecule has 2 aromatic carbocycles. The number of imide groups is 1. The second-order valence-corrected chi connectivity index (χ2v) is 7.69. The molecule has 2 amide bonds. The first-order chi connectivity index (χ1) is 13.4. The number of hydrogen-bond acceptors (Lipinski definition) is 4. The minimum Gasteiger partial charge on any atom is -0.384 e. The molecule has 4 rings (SSSR count). The van der Waals surface area contributed by atoms with Crippen LogP contribution in [-0.4, -0.2) is 40.5 Å². The molecule has 2 aliphatic rings. The fourth-order valence-electron chi connectivity index (χ4n) is 4.60. The van der Waals surface area contributed by atoms with Gasteiger partial charge in [-0.15, -0.1) is 0 Å². The number of carbonyl (C=O) groups excluding carboxylic acids is 2. The molecule has 0 saturated carbocycles. The van der Waals surface area contributed by atoms with Crippen molar-refractivity contribution in [1.29, 1.82) is 5.41 Å². The Hall–Kier alpha value is -2.99. The van der Waals surface area contributed by atoms with Crippen LogP contribution in [0.2, 0.25) is 0 Å². The highest BCUT2D eigenvalue weighted by molar-refractivity contribution is 6.06. The lowest BCUT2D eigenvalue weighted by Gasteiger charge is -2.28. The molecule has 0 radical (unpaired) electrons. The number of nitrogens with zero attached hydrogens (tertiary/aromatic N) is 2. The number of benzene rings is 2. The Balaban J connectivity index is 1.66. The van der Waals surface area contributed by atoms with Crippen LogP contribution >= 0.6 is 0 Å². The third-order valence-electron chi connectivity index (χ3n) is 6.18.